The monoisotopic (exact) mass is 261 g/mol. The Bertz CT molecular complexity index is 445. The number of likely N-dealkylation sites (tertiary alicyclic amines) is 1. The van der Waals surface area contributed by atoms with E-state index in [-0.39, 0.29) is 5.84 Å². The van der Waals surface area contributed by atoms with E-state index in [1.807, 2.05) is 18.2 Å². The number of hydrogen-bond acceptors (Lipinski definition) is 3. The van der Waals surface area contributed by atoms with E-state index in [1.165, 1.54) is 24.8 Å². The summed E-state index contributed by atoms with van der Waals surface area (Å²) in [4.78, 5) is 2.49. The fourth-order valence-corrected chi connectivity index (χ4v) is 2.63. The molecule has 0 spiro atoms. The molecule has 104 valence electrons. The predicted molar refractivity (Wildman–Crippen MR) is 77.2 cm³/mol. The Kier molecular flexibility index (Phi) is 4.80. The number of amidine groups is 1. The van der Waals surface area contributed by atoms with E-state index in [0.29, 0.717) is 0 Å². The summed E-state index contributed by atoms with van der Waals surface area (Å²) in [6, 6.07) is 7.93. The number of hydrogen-bond donors (Lipinski definition) is 2. The molecule has 4 heteroatoms. The second-order valence-electron chi connectivity index (χ2n) is 5.50. The molecule has 1 atom stereocenters. The lowest BCUT2D eigenvalue weighted by atomic mass is 10.0. The zero-order chi connectivity index (χ0) is 13.7. The molecule has 0 bridgehead atoms. The van der Waals surface area contributed by atoms with E-state index in [1.54, 1.807) is 0 Å². The van der Waals surface area contributed by atoms with E-state index >= 15 is 0 Å². The highest BCUT2D eigenvalue weighted by Gasteiger charge is 2.14. The van der Waals surface area contributed by atoms with Crippen molar-refractivity contribution in [1.29, 1.82) is 0 Å². The Balaban J connectivity index is 2.02. The number of rotatable bonds is 3. The van der Waals surface area contributed by atoms with Gasteiger partial charge in [-0.05, 0) is 49.9 Å². The lowest BCUT2D eigenvalue weighted by molar-refractivity contribution is 0.273. The first-order valence-electron chi connectivity index (χ1n) is 6.98. The summed E-state index contributed by atoms with van der Waals surface area (Å²) in [6.07, 6.45) is 3.89. The number of benzene rings is 1. The van der Waals surface area contributed by atoms with Crippen LogP contribution >= 0.6 is 0 Å². The van der Waals surface area contributed by atoms with Gasteiger partial charge in [0.25, 0.3) is 0 Å². The maximum absolute atomic E-state index is 8.72. The zero-order valence-corrected chi connectivity index (χ0v) is 11.5. The smallest absolute Gasteiger partial charge is 0.170 e. The maximum atomic E-state index is 8.72. The summed E-state index contributed by atoms with van der Waals surface area (Å²) in [6.45, 7) is 5.61. The van der Waals surface area contributed by atoms with Gasteiger partial charge in [0.1, 0.15) is 0 Å². The first-order chi connectivity index (χ1) is 9.19. The number of oxime groups is 1. The van der Waals surface area contributed by atoms with Crippen molar-refractivity contribution >= 4 is 5.84 Å². The van der Waals surface area contributed by atoms with Gasteiger partial charge in [-0.15, -0.1) is 0 Å². The fourth-order valence-electron chi connectivity index (χ4n) is 2.63. The van der Waals surface area contributed by atoms with Gasteiger partial charge < -0.3 is 10.9 Å². The maximum Gasteiger partial charge on any atom is 0.170 e. The number of nitrogens with two attached hydrogens (primary N) is 1. The minimum atomic E-state index is 0.173. The topological polar surface area (TPSA) is 61.8 Å². The summed E-state index contributed by atoms with van der Waals surface area (Å²) < 4.78 is 0. The van der Waals surface area contributed by atoms with Crippen molar-refractivity contribution in [3.63, 3.8) is 0 Å². The molecule has 0 aliphatic carbocycles. The first kappa shape index (κ1) is 13.9. The van der Waals surface area contributed by atoms with Gasteiger partial charge in [0.05, 0.1) is 0 Å². The first-order valence-corrected chi connectivity index (χ1v) is 6.98. The Morgan fingerprint density at radius 3 is 3.05 bits per heavy atom. The number of nitrogens with zero attached hydrogens (tertiary/aromatic N) is 2. The molecule has 0 radical (unpaired) electrons. The summed E-state index contributed by atoms with van der Waals surface area (Å²) in [7, 11) is 0. The van der Waals surface area contributed by atoms with Gasteiger partial charge in [0.2, 0.25) is 0 Å². The van der Waals surface area contributed by atoms with Gasteiger partial charge in [-0.3, -0.25) is 4.90 Å². The van der Waals surface area contributed by atoms with Crippen LogP contribution in [0.5, 0.6) is 0 Å². The predicted octanol–water partition coefficient (Wildman–Crippen LogP) is 2.40. The molecule has 2 rings (SSSR count). The van der Waals surface area contributed by atoms with Crippen molar-refractivity contribution < 1.29 is 5.21 Å². The molecule has 4 nitrogen and oxygen atoms in total. The van der Waals surface area contributed by atoms with Crippen LogP contribution in [0.15, 0.2) is 29.4 Å². The van der Waals surface area contributed by atoms with Gasteiger partial charge in [-0.1, -0.05) is 30.3 Å². The van der Waals surface area contributed by atoms with Crippen LogP contribution in [0.1, 0.15) is 37.3 Å². The van der Waals surface area contributed by atoms with Crippen LogP contribution in [-0.2, 0) is 6.54 Å². The molecule has 1 unspecified atom stereocenters. The molecular formula is C15H23N3O. The molecule has 1 aromatic carbocycles. The second kappa shape index (κ2) is 6.57. The third kappa shape index (κ3) is 3.96. The molecule has 1 aromatic rings. The molecule has 1 heterocycles. The van der Waals surface area contributed by atoms with Gasteiger partial charge in [0, 0.05) is 12.1 Å². The van der Waals surface area contributed by atoms with Crippen LogP contribution < -0.4 is 5.73 Å². The van der Waals surface area contributed by atoms with Crippen molar-refractivity contribution in [1.82, 2.24) is 4.90 Å². The highest BCUT2D eigenvalue weighted by Crippen LogP contribution is 2.18. The highest BCUT2D eigenvalue weighted by atomic mass is 16.4. The molecule has 0 aromatic heterocycles. The van der Waals surface area contributed by atoms with E-state index in [4.69, 9.17) is 10.9 Å². The quantitative estimate of drug-likeness (QED) is 0.380. The van der Waals surface area contributed by atoms with Gasteiger partial charge in [0.15, 0.2) is 5.84 Å². The van der Waals surface area contributed by atoms with E-state index in [0.717, 1.165) is 31.1 Å². The van der Waals surface area contributed by atoms with E-state index in [2.05, 4.69) is 23.0 Å². The summed E-state index contributed by atoms with van der Waals surface area (Å²) in [5, 5.41) is 11.8. The SMILES string of the molecule is CC1CCCN(Cc2cccc(C(N)=NO)c2)CC1. The molecule has 3 N–H and O–H groups in total. The summed E-state index contributed by atoms with van der Waals surface area (Å²) >= 11 is 0. The fraction of sp³-hybridized carbons (Fsp3) is 0.533. The average molecular weight is 261 g/mol. The highest BCUT2D eigenvalue weighted by molar-refractivity contribution is 5.97. The molecule has 0 amide bonds. The van der Waals surface area contributed by atoms with Crippen LogP contribution in [0.4, 0.5) is 0 Å². The van der Waals surface area contributed by atoms with Crippen LogP contribution in [0.3, 0.4) is 0 Å². The Morgan fingerprint density at radius 2 is 2.26 bits per heavy atom. The average Bonchev–Trinajstić information content (AvgIpc) is 2.63. The van der Waals surface area contributed by atoms with Gasteiger partial charge >= 0.3 is 0 Å². The Morgan fingerprint density at radius 1 is 1.42 bits per heavy atom. The van der Waals surface area contributed by atoms with Crippen LogP contribution in [0.2, 0.25) is 0 Å². The summed E-state index contributed by atoms with van der Waals surface area (Å²) in [5.41, 5.74) is 7.63. The third-order valence-corrected chi connectivity index (χ3v) is 3.85. The van der Waals surface area contributed by atoms with Crippen LogP contribution in [0.25, 0.3) is 0 Å². The van der Waals surface area contributed by atoms with E-state index in [9.17, 15) is 0 Å². The second-order valence-corrected chi connectivity index (χ2v) is 5.50. The van der Waals surface area contributed by atoms with E-state index < -0.39 is 0 Å². The molecule has 1 aliphatic heterocycles. The largest absolute Gasteiger partial charge is 0.409 e. The van der Waals surface area contributed by atoms with Gasteiger partial charge in [-0.25, -0.2) is 0 Å². The van der Waals surface area contributed by atoms with Crippen molar-refractivity contribution in [3.05, 3.63) is 35.4 Å². The van der Waals surface area contributed by atoms with Gasteiger partial charge in [-0.2, -0.15) is 0 Å². The molecule has 1 saturated heterocycles. The van der Waals surface area contributed by atoms with Crippen molar-refractivity contribution in [3.8, 4) is 0 Å². The summed E-state index contributed by atoms with van der Waals surface area (Å²) in [5.74, 6) is 1.01. The molecule has 19 heavy (non-hydrogen) atoms. The van der Waals surface area contributed by atoms with Crippen molar-refractivity contribution in [2.45, 2.75) is 32.7 Å². The van der Waals surface area contributed by atoms with Crippen LogP contribution in [0, 0.1) is 5.92 Å². The normalized spacial score (nSPS) is 22.2. The van der Waals surface area contributed by atoms with Crippen molar-refractivity contribution in [2.75, 3.05) is 13.1 Å². The minimum absolute atomic E-state index is 0.173. The molecule has 1 aliphatic rings. The third-order valence-electron chi connectivity index (χ3n) is 3.85. The molecule has 0 saturated carbocycles. The Labute approximate surface area is 114 Å². The zero-order valence-electron chi connectivity index (χ0n) is 11.5. The lowest BCUT2D eigenvalue weighted by Crippen LogP contribution is -2.24. The molecular weight excluding hydrogens is 238 g/mol. The standard InChI is InChI=1S/C15H23N3O/c1-12-4-3-8-18(9-7-12)11-13-5-2-6-14(10-13)15(16)17-19/h2,5-6,10,12,19H,3-4,7-9,11H2,1H3,(H2,16,17). The van der Waals surface area contributed by atoms with Crippen molar-refractivity contribution in [2.24, 2.45) is 16.8 Å². The van der Waals surface area contributed by atoms with Crippen LogP contribution in [-0.4, -0.2) is 29.0 Å². The lowest BCUT2D eigenvalue weighted by Gasteiger charge is -2.20. The minimum Gasteiger partial charge on any atom is -0.409 e. The Hall–Kier alpha value is -1.55. The molecule has 1 fully saturated rings.